The molecule has 1 heterocycles. The van der Waals surface area contributed by atoms with E-state index < -0.39 is 10.2 Å². The van der Waals surface area contributed by atoms with Gasteiger partial charge in [-0.05, 0) is 25.3 Å². The van der Waals surface area contributed by atoms with Gasteiger partial charge in [-0.1, -0.05) is 0 Å². The summed E-state index contributed by atoms with van der Waals surface area (Å²) in [4.78, 5) is 0. The Kier molecular flexibility index (Phi) is 3.66. The monoisotopic (exact) mass is 207 g/mol. The maximum Gasteiger partial charge on any atom is 0.279 e. The first-order valence-electron chi connectivity index (χ1n) is 4.49. The summed E-state index contributed by atoms with van der Waals surface area (Å²) < 4.78 is 26.4. The number of nitrogens with zero attached hydrogens (tertiary/aromatic N) is 1. The van der Waals surface area contributed by atoms with Crippen molar-refractivity contribution < 1.29 is 8.42 Å². The molecule has 0 saturated carbocycles. The van der Waals surface area contributed by atoms with Crippen molar-refractivity contribution in [3.8, 4) is 0 Å². The highest BCUT2D eigenvalue weighted by molar-refractivity contribution is 7.87. The Hall–Kier alpha value is -0.170. The molecule has 1 rings (SSSR count). The van der Waals surface area contributed by atoms with E-state index in [1.54, 1.807) is 0 Å². The summed E-state index contributed by atoms with van der Waals surface area (Å²) in [6.45, 7) is 1.84. The van der Waals surface area contributed by atoms with Crippen LogP contribution in [0.5, 0.6) is 0 Å². The molecule has 0 aromatic heterocycles. The molecule has 0 spiro atoms. The minimum atomic E-state index is -3.21. The lowest BCUT2D eigenvalue weighted by atomic mass is 9.99. The summed E-state index contributed by atoms with van der Waals surface area (Å²) in [6.07, 6.45) is 1.74. The van der Waals surface area contributed by atoms with Crippen LogP contribution < -0.4 is 10.5 Å². The van der Waals surface area contributed by atoms with E-state index in [1.807, 2.05) is 0 Å². The Morgan fingerprint density at radius 2 is 2.00 bits per heavy atom. The number of hydrogen-bond acceptors (Lipinski definition) is 3. The number of nitrogens with two attached hydrogens (primary N) is 1. The smallest absolute Gasteiger partial charge is 0.279 e. The molecule has 1 aliphatic rings. The van der Waals surface area contributed by atoms with E-state index in [0.717, 1.165) is 12.8 Å². The van der Waals surface area contributed by atoms with Gasteiger partial charge in [0.25, 0.3) is 10.2 Å². The van der Waals surface area contributed by atoms with Crippen LogP contribution in [0.3, 0.4) is 0 Å². The van der Waals surface area contributed by atoms with E-state index >= 15 is 0 Å². The van der Waals surface area contributed by atoms with Crippen LogP contribution in [0.1, 0.15) is 12.8 Å². The van der Waals surface area contributed by atoms with Gasteiger partial charge in [-0.25, -0.2) is 4.72 Å². The lowest BCUT2D eigenvalue weighted by molar-refractivity contribution is 0.276. The van der Waals surface area contributed by atoms with Crippen molar-refractivity contribution in [2.75, 3.05) is 26.7 Å². The van der Waals surface area contributed by atoms with E-state index in [1.165, 1.54) is 11.4 Å². The van der Waals surface area contributed by atoms with Gasteiger partial charge in [-0.3, -0.25) is 0 Å². The van der Waals surface area contributed by atoms with Crippen LogP contribution in [0, 0.1) is 5.92 Å². The molecule has 1 aliphatic heterocycles. The first-order valence-corrected chi connectivity index (χ1v) is 5.93. The topological polar surface area (TPSA) is 75.4 Å². The van der Waals surface area contributed by atoms with E-state index in [0.29, 0.717) is 25.6 Å². The molecule has 0 aromatic carbocycles. The zero-order valence-electron chi connectivity index (χ0n) is 7.86. The summed E-state index contributed by atoms with van der Waals surface area (Å²) in [5, 5.41) is 0. The van der Waals surface area contributed by atoms with Crippen molar-refractivity contribution in [1.82, 2.24) is 9.03 Å². The number of rotatable bonds is 3. The summed E-state index contributed by atoms with van der Waals surface area (Å²) in [6, 6.07) is 0. The van der Waals surface area contributed by atoms with Crippen LogP contribution in [0.15, 0.2) is 0 Å². The van der Waals surface area contributed by atoms with Crippen LogP contribution >= 0.6 is 0 Å². The Morgan fingerprint density at radius 1 is 1.46 bits per heavy atom. The molecular weight excluding hydrogens is 190 g/mol. The molecule has 13 heavy (non-hydrogen) atoms. The molecule has 78 valence electrons. The van der Waals surface area contributed by atoms with Crippen LogP contribution in [0.25, 0.3) is 0 Å². The van der Waals surface area contributed by atoms with Gasteiger partial charge >= 0.3 is 0 Å². The van der Waals surface area contributed by atoms with Crippen molar-refractivity contribution in [2.45, 2.75) is 12.8 Å². The standard InChI is InChI=1S/C7H17N3O2S/c1-9-13(11,12)10-4-2-7(6-8)3-5-10/h7,9H,2-6,8H2,1H3. The molecular formula is C7H17N3O2S. The van der Waals surface area contributed by atoms with Crippen molar-refractivity contribution in [1.29, 1.82) is 0 Å². The van der Waals surface area contributed by atoms with Gasteiger partial charge in [0.1, 0.15) is 0 Å². The fourth-order valence-corrected chi connectivity index (χ4v) is 2.46. The first-order chi connectivity index (χ1) is 6.10. The van der Waals surface area contributed by atoms with Crippen LogP contribution in [0.4, 0.5) is 0 Å². The molecule has 5 nitrogen and oxygen atoms in total. The molecule has 0 radical (unpaired) electrons. The SMILES string of the molecule is CNS(=O)(=O)N1CCC(CN)CC1. The molecule has 3 N–H and O–H groups in total. The summed E-state index contributed by atoms with van der Waals surface area (Å²) in [5.41, 5.74) is 5.51. The van der Waals surface area contributed by atoms with E-state index in [-0.39, 0.29) is 0 Å². The Morgan fingerprint density at radius 3 is 2.38 bits per heavy atom. The largest absolute Gasteiger partial charge is 0.330 e. The Bertz CT molecular complexity index is 244. The van der Waals surface area contributed by atoms with Gasteiger partial charge in [0, 0.05) is 20.1 Å². The van der Waals surface area contributed by atoms with E-state index in [2.05, 4.69) is 4.72 Å². The number of piperidine rings is 1. The van der Waals surface area contributed by atoms with Gasteiger partial charge < -0.3 is 5.73 Å². The highest BCUT2D eigenvalue weighted by Gasteiger charge is 2.25. The van der Waals surface area contributed by atoms with Crippen molar-refractivity contribution in [2.24, 2.45) is 11.7 Å². The average molecular weight is 207 g/mol. The second-order valence-corrected chi connectivity index (χ2v) is 5.16. The highest BCUT2D eigenvalue weighted by Crippen LogP contribution is 2.17. The first kappa shape index (κ1) is 10.9. The highest BCUT2D eigenvalue weighted by atomic mass is 32.2. The molecule has 0 unspecified atom stereocenters. The average Bonchev–Trinajstić information content (AvgIpc) is 2.18. The second-order valence-electron chi connectivity index (χ2n) is 3.29. The third-order valence-corrected chi connectivity index (χ3v) is 4.07. The molecule has 0 amide bonds. The summed E-state index contributed by atoms with van der Waals surface area (Å²) in [5.74, 6) is 0.489. The van der Waals surface area contributed by atoms with Crippen LogP contribution in [0.2, 0.25) is 0 Å². The molecule has 1 fully saturated rings. The molecule has 0 bridgehead atoms. The van der Waals surface area contributed by atoms with Crippen molar-refractivity contribution >= 4 is 10.2 Å². The molecule has 1 saturated heterocycles. The van der Waals surface area contributed by atoms with E-state index in [4.69, 9.17) is 5.73 Å². The number of hydrogen-bond donors (Lipinski definition) is 2. The lowest BCUT2D eigenvalue weighted by Crippen LogP contribution is -2.44. The maximum atomic E-state index is 11.3. The quantitative estimate of drug-likeness (QED) is 0.631. The summed E-state index contributed by atoms with van der Waals surface area (Å²) in [7, 11) is -1.78. The minimum Gasteiger partial charge on any atom is -0.330 e. The predicted octanol–water partition coefficient (Wildman–Crippen LogP) is -0.879. The predicted molar refractivity (Wildman–Crippen MR) is 51.3 cm³/mol. The van der Waals surface area contributed by atoms with Gasteiger partial charge in [0.15, 0.2) is 0 Å². The second kappa shape index (κ2) is 4.36. The third kappa shape index (κ3) is 2.63. The molecule has 6 heteroatoms. The molecule has 0 aromatic rings. The Labute approximate surface area is 79.5 Å². The maximum absolute atomic E-state index is 11.3. The van der Waals surface area contributed by atoms with Crippen molar-refractivity contribution in [3.63, 3.8) is 0 Å². The van der Waals surface area contributed by atoms with Crippen LogP contribution in [-0.4, -0.2) is 39.4 Å². The molecule has 0 atom stereocenters. The minimum absolute atomic E-state index is 0.489. The third-order valence-electron chi connectivity index (χ3n) is 2.50. The lowest BCUT2D eigenvalue weighted by Gasteiger charge is -2.29. The normalized spacial score (nSPS) is 22.0. The Balaban J connectivity index is 2.50. The molecule has 0 aliphatic carbocycles. The van der Waals surface area contributed by atoms with Crippen molar-refractivity contribution in [3.05, 3.63) is 0 Å². The van der Waals surface area contributed by atoms with Gasteiger partial charge in [0.05, 0.1) is 0 Å². The van der Waals surface area contributed by atoms with Gasteiger partial charge in [-0.15, -0.1) is 0 Å². The fraction of sp³-hybridized carbons (Fsp3) is 1.00. The van der Waals surface area contributed by atoms with Crippen LogP contribution in [-0.2, 0) is 10.2 Å². The fourth-order valence-electron chi connectivity index (χ4n) is 1.51. The van der Waals surface area contributed by atoms with Gasteiger partial charge in [-0.2, -0.15) is 12.7 Å². The number of nitrogens with one attached hydrogen (secondary N) is 1. The van der Waals surface area contributed by atoms with Gasteiger partial charge in [0.2, 0.25) is 0 Å². The van der Waals surface area contributed by atoms with E-state index in [9.17, 15) is 8.42 Å². The zero-order chi connectivity index (χ0) is 9.90. The zero-order valence-corrected chi connectivity index (χ0v) is 8.68. The summed E-state index contributed by atoms with van der Waals surface area (Å²) >= 11 is 0.